The van der Waals surface area contributed by atoms with Crippen LogP contribution in [0.3, 0.4) is 0 Å². The predicted molar refractivity (Wildman–Crippen MR) is 171 cm³/mol. The van der Waals surface area contributed by atoms with Crippen molar-refractivity contribution in [2.75, 3.05) is 42.9 Å². The van der Waals surface area contributed by atoms with Gasteiger partial charge in [0.2, 0.25) is 0 Å². The summed E-state index contributed by atoms with van der Waals surface area (Å²) in [5.74, 6) is -0.937. The third-order valence-electron chi connectivity index (χ3n) is 8.52. The van der Waals surface area contributed by atoms with Gasteiger partial charge in [0.05, 0.1) is 23.7 Å². The number of piperazine rings is 1. The summed E-state index contributed by atoms with van der Waals surface area (Å²) in [4.78, 5) is 38.9. The van der Waals surface area contributed by atoms with Gasteiger partial charge in [-0.05, 0) is 42.3 Å². The standard InChI is InChI=1S/C34H40N4O8/c1-22-31(20-36-16-18-37(19-17-36)29-12-14-30(15-13-29)38(42)43)45-34(46-32(22)26-6-4-25(21-39)5-7-26)27-8-10-28(11-9-27)35-33(41)23(2)44-24(3)40/h4-15,22-23,31-32,34,39H,16-21H2,1-3H3,(H,35,41)/t22-,23-,31+,32+,34+/m0/s1. The summed E-state index contributed by atoms with van der Waals surface area (Å²) in [5, 5.41) is 23.3. The molecule has 5 atom stereocenters. The summed E-state index contributed by atoms with van der Waals surface area (Å²) in [6, 6.07) is 21.7. The monoisotopic (exact) mass is 632 g/mol. The number of ether oxygens (including phenoxy) is 3. The molecule has 2 heterocycles. The molecule has 12 nitrogen and oxygen atoms in total. The molecule has 12 heteroatoms. The van der Waals surface area contributed by atoms with Gasteiger partial charge in [-0.25, -0.2) is 0 Å². The van der Waals surface area contributed by atoms with Crippen molar-refractivity contribution in [3.05, 3.63) is 99.6 Å². The minimum Gasteiger partial charge on any atom is -0.453 e. The average Bonchev–Trinajstić information content (AvgIpc) is 3.06. The smallest absolute Gasteiger partial charge is 0.303 e. The lowest BCUT2D eigenvalue weighted by atomic mass is 9.90. The van der Waals surface area contributed by atoms with Gasteiger partial charge in [0.1, 0.15) is 0 Å². The summed E-state index contributed by atoms with van der Waals surface area (Å²) in [5.41, 5.74) is 4.21. The van der Waals surface area contributed by atoms with E-state index < -0.39 is 24.3 Å². The van der Waals surface area contributed by atoms with E-state index in [0.717, 1.165) is 48.6 Å². The number of esters is 1. The number of nitro groups is 1. The molecule has 1 amide bonds. The summed E-state index contributed by atoms with van der Waals surface area (Å²) in [6.07, 6.45) is -1.99. The van der Waals surface area contributed by atoms with Crippen LogP contribution in [-0.2, 0) is 30.4 Å². The number of aliphatic hydroxyl groups excluding tert-OH is 1. The maximum absolute atomic E-state index is 12.4. The minimum atomic E-state index is -0.918. The Morgan fingerprint density at radius 3 is 2.20 bits per heavy atom. The first kappa shape index (κ1) is 33.0. The summed E-state index contributed by atoms with van der Waals surface area (Å²) in [6.45, 7) is 8.75. The molecule has 0 spiro atoms. The van der Waals surface area contributed by atoms with E-state index >= 15 is 0 Å². The zero-order chi connectivity index (χ0) is 32.8. The molecular formula is C34H40N4O8. The van der Waals surface area contributed by atoms with Crippen molar-refractivity contribution in [1.29, 1.82) is 0 Å². The molecule has 2 aliphatic heterocycles. The van der Waals surface area contributed by atoms with Crippen molar-refractivity contribution in [1.82, 2.24) is 4.90 Å². The van der Waals surface area contributed by atoms with Crippen molar-refractivity contribution in [2.45, 2.75) is 52.0 Å². The summed E-state index contributed by atoms with van der Waals surface area (Å²) < 4.78 is 18.1. The molecule has 0 aromatic heterocycles. The van der Waals surface area contributed by atoms with Crippen LogP contribution in [-0.4, -0.2) is 71.7 Å². The lowest BCUT2D eigenvalue weighted by molar-refractivity contribution is -0.384. The van der Waals surface area contributed by atoms with E-state index in [1.807, 2.05) is 36.4 Å². The van der Waals surface area contributed by atoms with Gasteiger partial charge in [0, 0.05) is 74.6 Å². The fourth-order valence-corrected chi connectivity index (χ4v) is 5.83. The van der Waals surface area contributed by atoms with E-state index in [-0.39, 0.29) is 35.3 Å². The molecule has 0 radical (unpaired) electrons. The Hall–Kier alpha value is -4.36. The number of nitrogens with zero attached hydrogens (tertiary/aromatic N) is 3. The van der Waals surface area contributed by atoms with Gasteiger partial charge < -0.3 is 29.5 Å². The van der Waals surface area contributed by atoms with E-state index in [1.165, 1.54) is 26.0 Å². The first-order valence-electron chi connectivity index (χ1n) is 15.4. The summed E-state index contributed by atoms with van der Waals surface area (Å²) >= 11 is 0. The molecule has 46 heavy (non-hydrogen) atoms. The maximum atomic E-state index is 12.4. The fourth-order valence-electron chi connectivity index (χ4n) is 5.83. The maximum Gasteiger partial charge on any atom is 0.303 e. The third-order valence-corrected chi connectivity index (χ3v) is 8.52. The van der Waals surface area contributed by atoms with Crippen LogP contribution in [0.1, 0.15) is 49.9 Å². The molecule has 0 bridgehead atoms. The quantitative estimate of drug-likeness (QED) is 0.185. The van der Waals surface area contributed by atoms with Crippen LogP contribution in [0.4, 0.5) is 17.1 Å². The molecule has 0 unspecified atom stereocenters. The van der Waals surface area contributed by atoms with Gasteiger partial charge in [-0.15, -0.1) is 0 Å². The Balaban J connectivity index is 1.28. The van der Waals surface area contributed by atoms with Gasteiger partial charge in [0.25, 0.3) is 11.6 Å². The van der Waals surface area contributed by atoms with E-state index in [2.05, 4.69) is 22.0 Å². The zero-order valence-electron chi connectivity index (χ0n) is 26.2. The van der Waals surface area contributed by atoms with Gasteiger partial charge in [0.15, 0.2) is 12.4 Å². The number of benzene rings is 3. The van der Waals surface area contributed by atoms with Crippen LogP contribution in [0.15, 0.2) is 72.8 Å². The number of rotatable bonds is 10. The first-order chi connectivity index (χ1) is 22.1. The van der Waals surface area contributed by atoms with E-state index in [4.69, 9.17) is 14.2 Å². The van der Waals surface area contributed by atoms with E-state index in [9.17, 15) is 24.8 Å². The molecule has 2 N–H and O–H groups in total. The molecule has 2 fully saturated rings. The number of hydrogen-bond donors (Lipinski definition) is 2. The fraction of sp³-hybridized carbons (Fsp3) is 0.412. The molecule has 244 valence electrons. The van der Waals surface area contributed by atoms with Gasteiger partial charge in [-0.3, -0.25) is 24.6 Å². The number of anilines is 2. The first-order valence-corrected chi connectivity index (χ1v) is 15.4. The third kappa shape index (κ3) is 8.07. The van der Waals surface area contributed by atoms with Crippen molar-refractivity contribution in [3.63, 3.8) is 0 Å². The average molecular weight is 633 g/mol. The van der Waals surface area contributed by atoms with Crippen LogP contribution >= 0.6 is 0 Å². The van der Waals surface area contributed by atoms with Gasteiger partial charge >= 0.3 is 5.97 Å². The molecule has 2 saturated heterocycles. The SMILES string of the molecule is CC(=O)O[C@@H](C)C(=O)Nc1ccc([C@@H]2O[C@H](CN3CCN(c4ccc([N+](=O)[O-])cc4)CC3)[C@H](C)[C@H](c3ccc(CO)cc3)O2)cc1. The van der Waals surface area contributed by atoms with Gasteiger partial charge in [-0.2, -0.15) is 0 Å². The second-order valence-electron chi connectivity index (χ2n) is 11.7. The Bertz CT molecular complexity index is 1490. The molecular weight excluding hydrogens is 592 g/mol. The van der Waals surface area contributed by atoms with Crippen LogP contribution in [0, 0.1) is 16.0 Å². The number of non-ortho nitro benzene ring substituents is 1. The number of amides is 1. The number of nitrogens with one attached hydrogen (secondary N) is 1. The topological polar surface area (TPSA) is 144 Å². The largest absolute Gasteiger partial charge is 0.453 e. The van der Waals surface area contributed by atoms with Crippen molar-refractivity contribution in [3.8, 4) is 0 Å². The molecule has 0 aliphatic carbocycles. The number of hydrogen-bond acceptors (Lipinski definition) is 10. The van der Waals surface area contributed by atoms with Crippen LogP contribution < -0.4 is 10.2 Å². The normalized spacial score (nSPS) is 22.6. The number of carbonyl (C=O) groups is 2. The van der Waals surface area contributed by atoms with Crippen LogP contribution in [0.25, 0.3) is 0 Å². The van der Waals surface area contributed by atoms with E-state index in [1.54, 1.807) is 24.3 Å². The Morgan fingerprint density at radius 1 is 0.978 bits per heavy atom. The zero-order valence-corrected chi connectivity index (χ0v) is 26.2. The van der Waals surface area contributed by atoms with Crippen LogP contribution in [0.5, 0.6) is 0 Å². The van der Waals surface area contributed by atoms with Crippen molar-refractivity contribution < 1.29 is 33.8 Å². The molecule has 5 rings (SSSR count). The molecule has 0 saturated carbocycles. The number of carbonyl (C=O) groups excluding carboxylic acids is 2. The lowest BCUT2D eigenvalue weighted by Gasteiger charge is -2.44. The highest BCUT2D eigenvalue weighted by Crippen LogP contribution is 2.42. The Morgan fingerprint density at radius 2 is 1.61 bits per heavy atom. The second-order valence-corrected chi connectivity index (χ2v) is 11.7. The molecule has 3 aromatic rings. The van der Waals surface area contributed by atoms with Crippen molar-refractivity contribution in [2.24, 2.45) is 5.92 Å². The number of nitro benzene ring substituents is 1. The van der Waals surface area contributed by atoms with Gasteiger partial charge in [-0.1, -0.05) is 43.3 Å². The van der Waals surface area contributed by atoms with Crippen molar-refractivity contribution >= 4 is 28.9 Å². The predicted octanol–water partition coefficient (Wildman–Crippen LogP) is 4.59. The Kier molecular flexibility index (Phi) is 10.6. The Labute approximate surface area is 268 Å². The molecule has 3 aromatic carbocycles. The van der Waals surface area contributed by atoms with E-state index in [0.29, 0.717) is 12.2 Å². The highest BCUT2D eigenvalue weighted by molar-refractivity contribution is 5.94. The highest BCUT2D eigenvalue weighted by Gasteiger charge is 2.39. The summed E-state index contributed by atoms with van der Waals surface area (Å²) in [7, 11) is 0. The minimum absolute atomic E-state index is 0.0188. The molecule has 2 aliphatic rings. The lowest BCUT2D eigenvalue weighted by Crippen LogP contribution is -2.51. The highest BCUT2D eigenvalue weighted by atomic mass is 16.7. The van der Waals surface area contributed by atoms with Crippen LogP contribution in [0.2, 0.25) is 0 Å². The number of aliphatic hydroxyl groups is 1. The second kappa shape index (κ2) is 14.8.